The Morgan fingerprint density at radius 3 is 2.94 bits per heavy atom. The van der Waals surface area contributed by atoms with E-state index < -0.39 is 0 Å². The van der Waals surface area contributed by atoms with Crippen LogP contribution in [0.15, 0.2) is 4.99 Å². The second-order valence-electron chi connectivity index (χ2n) is 5.56. The Kier molecular flexibility index (Phi) is 3.77. The van der Waals surface area contributed by atoms with E-state index in [1.54, 1.807) is 0 Å². The number of hydrogen-bond acceptors (Lipinski definition) is 3. The van der Waals surface area contributed by atoms with E-state index in [0.717, 1.165) is 24.1 Å². The van der Waals surface area contributed by atoms with Crippen LogP contribution in [0.1, 0.15) is 38.5 Å². The van der Waals surface area contributed by atoms with Gasteiger partial charge in [0, 0.05) is 24.3 Å². The molecule has 0 bridgehead atoms. The first-order valence-electron chi connectivity index (χ1n) is 7.04. The van der Waals surface area contributed by atoms with Crippen LogP contribution in [0.2, 0.25) is 0 Å². The number of nitrogens with zero attached hydrogens (tertiary/aromatic N) is 1. The van der Waals surface area contributed by atoms with Crippen LogP contribution in [0.4, 0.5) is 0 Å². The van der Waals surface area contributed by atoms with Crippen LogP contribution >= 0.6 is 11.8 Å². The van der Waals surface area contributed by atoms with Crippen molar-refractivity contribution in [1.82, 2.24) is 10.6 Å². The molecule has 2 aliphatic heterocycles. The van der Waals surface area contributed by atoms with E-state index in [1.165, 1.54) is 31.4 Å². The maximum atomic E-state index is 11.1. The molecule has 2 N–H and O–H groups in total. The summed E-state index contributed by atoms with van der Waals surface area (Å²) >= 11 is 1.86. The van der Waals surface area contributed by atoms with Gasteiger partial charge in [-0.2, -0.15) is 0 Å². The van der Waals surface area contributed by atoms with Crippen molar-refractivity contribution in [2.45, 2.75) is 50.6 Å². The van der Waals surface area contributed by atoms with Crippen molar-refractivity contribution in [2.75, 3.05) is 12.3 Å². The molecule has 5 heteroatoms. The zero-order valence-corrected chi connectivity index (χ0v) is 11.5. The molecule has 0 radical (unpaired) electrons. The van der Waals surface area contributed by atoms with Gasteiger partial charge in [-0.25, -0.2) is 0 Å². The van der Waals surface area contributed by atoms with E-state index in [1.807, 2.05) is 11.8 Å². The van der Waals surface area contributed by atoms with E-state index >= 15 is 0 Å². The van der Waals surface area contributed by atoms with Gasteiger partial charge in [0.1, 0.15) is 0 Å². The van der Waals surface area contributed by atoms with Crippen LogP contribution in [-0.4, -0.2) is 35.5 Å². The summed E-state index contributed by atoms with van der Waals surface area (Å²) in [5.74, 6) is 2.23. The number of thioether (sulfide) groups is 1. The number of fused-ring (bicyclic) bond motifs is 1. The maximum Gasteiger partial charge on any atom is 0.220 e. The highest BCUT2D eigenvalue weighted by Crippen LogP contribution is 2.31. The van der Waals surface area contributed by atoms with Crippen LogP contribution < -0.4 is 10.6 Å². The summed E-state index contributed by atoms with van der Waals surface area (Å²) in [5.41, 5.74) is 0. The zero-order chi connectivity index (χ0) is 12.4. The van der Waals surface area contributed by atoms with Crippen molar-refractivity contribution in [1.29, 1.82) is 0 Å². The fraction of sp³-hybridized carbons (Fsp3) is 0.846. The largest absolute Gasteiger partial charge is 0.362 e. The minimum Gasteiger partial charge on any atom is -0.362 e. The number of carbonyl (C=O) groups excluding carboxylic acids is 1. The van der Waals surface area contributed by atoms with E-state index in [4.69, 9.17) is 0 Å². The Morgan fingerprint density at radius 2 is 2.11 bits per heavy atom. The molecule has 3 fully saturated rings. The second-order valence-corrected chi connectivity index (χ2v) is 6.56. The first-order chi connectivity index (χ1) is 8.81. The molecule has 100 valence electrons. The number of amides is 1. The summed E-state index contributed by atoms with van der Waals surface area (Å²) in [6, 6.07) is 0.911. The first-order valence-corrected chi connectivity index (χ1v) is 8.03. The first kappa shape index (κ1) is 12.3. The van der Waals surface area contributed by atoms with Gasteiger partial charge in [0.15, 0.2) is 5.17 Å². The van der Waals surface area contributed by atoms with E-state index in [9.17, 15) is 4.79 Å². The number of aliphatic imine (C=N–C) groups is 1. The number of carbonyl (C=O) groups is 1. The standard InChI is InChI=1S/C13H21N3OS/c17-12-6-5-10(15-12)7-14-13-16-11-4-2-1-3-9(11)8-18-13/h9-11H,1-8H2,(H,14,16)(H,15,17). The van der Waals surface area contributed by atoms with Gasteiger partial charge in [0.05, 0.1) is 6.54 Å². The number of nitrogens with one attached hydrogen (secondary N) is 2. The van der Waals surface area contributed by atoms with E-state index in [-0.39, 0.29) is 11.9 Å². The Morgan fingerprint density at radius 1 is 1.22 bits per heavy atom. The molecule has 0 spiro atoms. The Balaban J connectivity index is 1.52. The predicted octanol–water partition coefficient (Wildman–Crippen LogP) is 1.52. The van der Waals surface area contributed by atoms with Crippen LogP contribution in [0, 0.1) is 5.92 Å². The van der Waals surface area contributed by atoms with Gasteiger partial charge in [-0.3, -0.25) is 9.79 Å². The molecule has 2 saturated heterocycles. The lowest BCUT2D eigenvalue weighted by atomic mass is 9.86. The average Bonchev–Trinajstić information content (AvgIpc) is 2.82. The highest BCUT2D eigenvalue weighted by Gasteiger charge is 2.30. The predicted molar refractivity (Wildman–Crippen MR) is 74.8 cm³/mol. The quantitative estimate of drug-likeness (QED) is 0.797. The molecule has 1 aliphatic carbocycles. The summed E-state index contributed by atoms with van der Waals surface area (Å²) in [7, 11) is 0. The third-order valence-corrected chi connectivity index (χ3v) is 5.31. The number of hydrogen-bond donors (Lipinski definition) is 2. The van der Waals surface area contributed by atoms with Gasteiger partial charge in [-0.15, -0.1) is 0 Å². The highest BCUT2D eigenvalue weighted by atomic mass is 32.2. The van der Waals surface area contributed by atoms with Crippen molar-refractivity contribution in [3.63, 3.8) is 0 Å². The smallest absolute Gasteiger partial charge is 0.220 e. The average molecular weight is 267 g/mol. The van der Waals surface area contributed by atoms with Gasteiger partial charge in [0.25, 0.3) is 0 Å². The van der Waals surface area contributed by atoms with Crippen LogP contribution in [-0.2, 0) is 4.79 Å². The topological polar surface area (TPSA) is 53.5 Å². The molecule has 0 aromatic carbocycles. The lowest BCUT2D eigenvalue weighted by Gasteiger charge is -2.37. The third-order valence-electron chi connectivity index (χ3n) is 4.19. The summed E-state index contributed by atoms with van der Waals surface area (Å²) in [6.07, 6.45) is 7.02. The van der Waals surface area contributed by atoms with Crippen molar-refractivity contribution in [2.24, 2.45) is 10.9 Å². The second kappa shape index (κ2) is 5.51. The Labute approximate surface area is 112 Å². The summed E-state index contributed by atoms with van der Waals surface area (Å²) in [4.78, 5) is 15.8. The van der Waals surface area contributed by atoms with Gasteiger partial charge in [-0.05, 0) is 25.2 Å². The van der Waals surface area contributed by atoms with Gasteiger partial charge in [0.2, 0.25) is 5.91 Å². The molecule has 1 amide bonds. The molecule has 4 nitrogen and oxygen atoms in total. The van der Waals surface area contributed by atoms with Gasteiger partial charge >= 0.3 is 0 Å². The summed E-state index contributed by atoms with van der Waals surface area (Å²) in [5, 5.41) is 7.65. The Bertz CT molecular complexity index is 358. The molecule has 2 heterocycles. The lowest BCUT2D eigenvalue weighted by molar-refractivity contribution is -0.119. The number of rotatable bonds is 2. The fourth-order valence-electron chi connectivity index (χ4n) is 3.08. The Hall–Kier alpha value is -0.710. The molecule has 3 aliphatic rings. The third kappa shape index (κ3) is 2.82. The lowest BCUT2D eigenvalue weighted by Crippen LogP contribution is -2.46. The molecular weight excluding hydrogens is 246 g/mol. The summed E-state index contributed by atoms with van der Waals surface area (Å²) in [6.45, 7) is 0.735. The van der Waals surface area contributed by atoms with Gasteiger partial charge in [-0.1, -0.05) is 24.6 Å². The molecular formula is C13H21N3OS. The highest BCUT2D eigenvalue weighted by molar-refractivity contribution is 8.13. The van der Waals surface area contributed by atoms with E-state index in [2.05, 4.69) is 15.6 Å². The van der Waals surface area contributed by atoms with Crippen LogP contribution in [0.25, 0.3) is 0 Å². The normalized spacial score (nSPS) is 38.1. The SMILES string of the molecule is O=C1CCC(CN=C2NC3CCCCC3CS2)N1. The fourth-order valence-corrected chi connectivity index (χ4v) is 4.25. The minimum absolute atomic E-state index is 0.178. The van der Waals surface area contributed by atoms with Crippen molar-refractivity contribution >= 4 is 22.8 Å². The van der Waals surface area contributed by atoms with Gasteiger partial charge < -0.3 is 10.6 Å². The van der Waals surface area contributed by atoms with Crippen LogP contribution in [0.3, 0.4) is 0 Å². The molecule has 0 aromatic heterocycles. The zero-order valence-electron chi connectivity index (χ0n) is 10.7. The van der Waals surface area contributed by atoms with Crippen molar-refractivity contribution < 1.29 is 4.79 Å². The molecule has 18 heavy (non-hydrogen) atoms. The molecule has 3 unspecified atom stereocenters. The molecule has 0 aromatic rings. The van der Waals surface area contributed by atoms with Crippen molar-refractivity contribution in [3.8, 4) is 0 Å². The molecule has 3 rings (SSSR count). The van der Waals surface area contributed by atoms with Crippen LogP contribution in [0.5, 0.6) is 0 Å². The summed E-state index contributed by atoms with van der Waals surface area (Å²) < 4.78 is 0. The molecule has 1 saturated carbocycles. The molecule has 3 atom stereocenters. The maximum absolute atomic E-state index is 11.1. The monoisotopic (exact) mass is 267 g/mol. The van der Waals surface area contributed by atoms with Crippen molar-refractivity contribution in [3.05, 3.63) is 0 Å². The minimum atomic E-state index is 0.178. The number of amidine groups is 1. The van der Waals surface area contributed by atoms with E-state index in [0.29, 0.717) is 12.5 Å².